The van der Waals surface area contributed by atoms with E-state index in [2.05, 4.69) is 12.2 Å². The van der Waals surface area contributed by atoms with Crippen LogP contribution in [0.15, 0.2) is 78.5 Å². The summed E-state index contributed by atoms with van der Waals surface area (Å²) in [6.07, 6.45) is 3.20. The Morgan fingerprint density at radius 2 is 1.62 bits per heavy atom. The van der Waals surface area contributed by atoms with Crippen LogP contribution in [0.3, 0.4) is 0 Å². The molecule has 32 heavy (non-hydrogen) atoms. The van der Waals surface area contributed by atoms with Crippen molar-refractivity contribution in [2.45, 2.75) is 33.1 Å². The summed E-state index contributed by atoms with van der Waals surface area (Å²) in [5.74, 6) is -0.723. The van der Waals surface area contributed by atoms with Gasteiger partial charge in [-0.3, -0.25) is 9.59 Å². The summed E-state index contributed by atoms with van der Waals surface area (Å²) in [5, 5.41) is 3.75. The van der Waals surface area contributed by atoms with Crippen LogP contribution in [-0.2, 0) is 16.0 Å². The summed E-state index contributed by atoms with van der Waals surface area (Å²) in [6.45, 7) is 4.08. The lowest BCUT2D eigenvalue weighted by Crippen LogP contribution is -2.32. The summed E-state index contributed by atoms with van der Waals surface area (Å²) in [7, 11) is 0. The zero-order valence-corrected chi connectivity index (χ0v) is 18.9. The topological polar surface area (TPSA) is 49.4 Å². The van der Waals surface area contributed by atoms with Gasteiger partial charge in [0.05, 0.1) is 11.3 Å². The van der Waals surface area contributed by atoms with Crippen molar-refractivity contribution in [1.29, 1.82) is 0 Å². The maximum Gasteiger partial charge on any atom is 0.282 e. The molecule has 4 nitrogen and oxygen atoms in total. The Bertz CT molecular complexity index is 1180. The molecule has 0 spiro atoms. The zero-order valence-electron chi connectivity index (χ0n) is 18.2. The number of carbonyl (C=O) groups excluding carboxylic acids is 2. The molecule has 2 amide bonds. The lowest BCUT2D eigenvalue weighted by atomic mass is 10.0. The molecular weight excluding hydrogens is 420 g/mol. The van der Waals surface area contributed by atoms with E-state index in [1.165, 1.54) is 10.5 Å². The van der Waals surface area contributed by atoms with E-state index in [0.29, 0.717) is 27.5 Å². The number of unbranched alkanes of at least 4 members (excludes halogenated alkanes) is 1. The number of imide groups is 1. The quantitative estimate of drug-likeness (QED) is 0.429. The molecule has 4 rings (SSSR count). The molecule has 0 fully saturated rings. The maximum atomic E-state index is 13.5. The number of nitrogens with one attached hydrogen (secondary N) is 1. The van der Waals surface area contributed by atoms with Crippen LogP contribution in [-0.4, -0.2) is 11.8 Å². The highest BCUT2D eigenvalue weighted by atomic mass is 35.5. The average Bonchev–Trinajstić information content (AvgIpc) is 3.05. The Hall–Kier alpha value is -3.37. The molecule has 3 aromatic rings. The lowest BCUT2D eigenvalue weighted by molar-refractivity contribution is -0.120. The Morgan fingerprint density at radius 1 is 0.906 bits per heavy atom. The van der Waals surface area contributed by atoms with Gasteiger partial charge >= 0.3 is 0 Å². The van der Waals surface area contributed by atoms with Gasteiger partial charge in [-0.15, -0.1) is 0 Å². The van der Waals surface area contributed by atoms with Crippen LogP contribution in [0.5, 0.6) is 0 Å². The summed E-state index contributed by atoms with van der Waals surface area (Å²) >= 11 is 6.18. The Labute approximate surface area is 193 Å². The molecule has 0 saturated carbocycles. The number of rotatable bonds is 7. The van der Waals surface area contributed by atoms with Gasteiger partial charge in [-0.05, 0) is 60.7 Å². The molecule has 1 aliphatic rings. The molecule has 1 N–H and O–H groups in total. The van der Waals surface area contributed by atoms with Gasteiger partial charge in [0.15, 0.2) is 0 Å². The second kappa shape index (κ2) is 9.41. The first kappa shape index (κ1) is 21.8. The summed E-state index contributed by atoms with van der Waals surface area (Å²) < 4.78 is 0. The highest BCUT2D eigenvalue weighted by Gasteiger charge is 2.40. The van der Waals surface area contributed by atoms with Crippen molar-refractivity contribution in [2.24, 2.45) is 0 Å². The molecule has 0 saturated heterocycles. The van der Waals surface area contributed by atoms with E-state index < -0.39 is 0 Å². The molecule has 0 aromatic heterocycles. The van der Waals surface area contributed by atoms with Crippen molar-refractivity contribution in [3.05, 3.63) is 100 Å². The van der Waals surface area contributed by atoms with E-state index in [-0.39, 0.29) is 17.5 Å². The third kappa shape index (κ3) is 4.32. The SMILES string of the molecule is CCCCc1ccc(N2C(=O)C(Nc3cc(Cl)ccc3C)=C(c3ccccc3)C2=O)cc1. The lowest BCUT2D eigenvalue weighted by Gasteiger charge is -2.16. The molecule has 1 heterocycles. The molecule has 0 unspecified atom stereocenters. The van der Waals surface area contributed by atoms with Gasteiger partial charge in [-0.2, -0.15) is 0 Å². The van der Waals surface area contributed by atoms with Gasteiger partial charge in [-0.1, -0.05) is 73.5 Å². The van der Waals surface area contributed by atoms with Crippen molar-refractivity contribution in [1.82, 2.24) is 0 Å². The molecule has 1 aliphatic heterocycles. The number of aryl methyl sites for hydroxylation is 2. The maximum absolute atomic E-state index is 13.5. The van der Waals surface area contributed by atoms with Crippen molar-refractivity contribution < 1.29 is 9.59 Å². The highest BCUT2D eigenvalue weighted by molar-refractivity contribution is 6.46. The molecule has 0 bridgehead atoms. The van der Waals surface area contributed by atoms with Crippen LogP contribution in [0.2, 0.25) is 5.02 Å². The number of amides is 2. The van der Waals surface area contributed by atoms with Crippen LogP contribution in [0.4, 0.5) is 11.4 Å². The number of hydrogen-bond acceptors (Lipinski definition) is 3. The van der Waals surface area contributed by atoms with Gasteiger partial charge in [0.2, 0.25) is 0 Å². The number of hydrogen-bond donors (Lipinski definition) is 1. The minimum Gasteiger partial charge on any atom is -0.350 e. The first-order valence-corrected chi connectivity index (χ1v) is 11.2. The average molecular weight is 445 g/mol. The van der Waals surface area contributed by atoms with Gasteiger partial charge in [0.1, 0.15) is 5.70 Å². The van der Waals surface area contributed by atoms with E-state index in [9.17, 15) is 9.59 Å². The van der Waals surface area contributed by atoms with E-state index in [1.807, 2.05) is 67.6 Å². The summed E-state index contributed by atoms with van der Waals surface area (Å²) in [6, 6.07) is 22.4. The fraction of sp³-hybridized carbons (Fsp3) is 0.185. The normalized spacial score (nSPS) is 13.8. The largest absolute Gasteiger partial charge is 0.350 e. The third-order valence-electron chi connectivity index (χ3n) is 5.62. The minimum absolute atomic E-state index is 0.252. The fourth-order valence-corrected chi connectivity index (χ4v) is 3.98. The zero-order chi connectivity index (χ0) is 22.7. The number of carbonyl (C=O) groups is 2. The molecule has 3 aromatic carbocycles. The number of nitrogens with zero attached hydrogens (tertiary/aromatic N) is 1. The van der Waals surface area contributed by atoms with Crippen molar-refractivity contribution in [3.8, 4) is 0 Å². The van der Waals surface area contributed by atoms with E-state index in [4.69, 9.17) is 11.6 Å². The number of anilines is 2. The number of benzene rings is 3. The van der Waals surface area contributed by atoms with Gasteiger partial charge in [0.25, 0.3) is 11.8 Å². The van der Waals surface area contributed by atoms with Gasteiger partial charge in [0, 0.05) is 10.7 Å². The van der Waals surface area contributed by atoms with Crippen LogP contribution in [0, 0.1) is 6.92 Å². The predicted octanol–water partition coefficient (Wildman–Crippen LogP) is 6.39. The molecular formula is C27H25ClN2O2. The predicted molar refractivity (Wildman–Crippen MR) is 131 cm³/mol. The fourth-order valence-electron chi connectivity index (χ4n) is 3.81. The monoisotopic (exact) mass is 444 g/mol. The van der Waals surface area contributed by atoms with Gasteiger partial charge < -0.3 is 5.32 Å². The van der Waals surface area contributed by atoms with E-state index in [0.717, 1.165) is 24.8 Å². The Kier molecular flexibility index (Phi) is 6.42. The summed E-state index contributed by atoms with van der Waals surface area (Å²) in [5.41, 5.74) is 4.67. The Balaban J connectivity index is 1.74. The third-order valence-corrected chi connectivity index (χ3v) is 5.85. The first-order chi connectivity index (χ1) is 15.5. The van der Waals surface area contributed by atoms with Crippen LogP contribution in [0.1, 0.15) is 36.5 Å². The van der Waals surface area contributed by atoms with E-state index >= 15 is 0 Å². The second-order valence-corrected chi connectivity index (χ2v) is 8.35. The molecule has 0 atom stereocenters. The standard InChI is InChI=1S/C27H25ClN2O2/c1-3-4-8-19-12-15-22(16-13-19)30-26(31)24(20-9-6-5-7-10-20)25(27(30)32)29-23-17-21(28)14-11-18(23)2/h5-7,9-17,29H,3-4,8H2,1-2H3. The second-order valence-electron chi connectivity index (χ2n) is 7.92. The Morgan fingerprint density at radius 3 is 2.31 bits per heavy atom. The molecule has 0 radical (unpaired) electrons. The van der Waals surface area contributed by atoms with Crippen molar-refractivity contribution in [3.63, 3.8) is 0 Å². The van der Waals surface area contributed by atoms with E-state index in [1.54, 1.807) is 12.1 Å². The van der Waals surface area contributed by atoms with Crippen LogP contribution < -0.4 is 10.2 Å². The van der Waals surface area contributed by atoms with Crippen molar-refractivity contribution in [2.75, 3.05) is 10.2 Å². The molecule has 162 valence electrons. The summed E-state index contributed by atoms with van der Waals surface area (Å²) in [4.78, 5) is 28.3. The first-order valence-electron chi connectivity index (χ1n) is 10.8. The molecule has 5 heteroatoms. The van der Waals surface area contributed by atoms with Crippen LogP contribution in [0.25, 0.3) is 5.57 Å². The smallest absolute Gasteiger partial charge is 0.282 e. The minimum atomic E-state index is -0.380. The van der Waals surface area contributed by atoms with Crippen molar-refractivity contribution >= 4 is 40.4 Å². The number of halogens is 1. The van der Waals surface area contributed by atoms with Crippen LogP contribution >= 0.6 is 11.6 Å². The van der Waals surface area contributed by atoms with Gasteiger partial charge in [-0.25, -0.2) is 4.90 Å². The highest BCUT2D eigenvalue weighted by Crippen LogP contribution is 2.34. The molecule has 0 aliphatic carbocycles.